The number of aliphatic hydroxyl groups is 2. The van der Waals surface area contributed by atoms with E-state index in [9.17, 15) is 19.9 Å². The van der Waals surface area contributed by atoms with Crippen LogP contribution in [0.15, 0.2) is 46.2 Å². The van der Waals surface area contributed by atoms with E-state index in [1.54, 1.807) is 10.9 Å². The van der Waals surface area contributed by atoms with Crippen molar-refractivity contribution in [2.75, 3.05) is 19.8 Å². The molecule has 2 unspecified atom stereocenters. The van der Waals surface area contributed by atoms with E-state index in [4.69, 9.17) is 18.5 Å². The standard InChI is InChI=1S/C28H36BrN8O8PS/c1-4-43-28(2,3)9-10-42-14-17-11-37(34-33-17)18-7-5-16(6-8-18)19-12-36-25(40)22-24(32-27(36)30-19)35(26(29)31-22)13-20(38)23-21(39)15-44-46(41,47)45-23/h5-8,11-12,20-21,23,38-39,41,46-47H,4,9-10,13-15H2,1-3H3,(H,30,32)/t20-,21?,23?/m1/s1. The normalized spacial score (nSPS) is 19.8. The van der Waals surface area contributed by atoms with Gasteiger partial charge in [-0.25, -0.2) is 4.68 Å². The minimum absolute atomic E-state index is 0.0694. The van der Waals surface area contributed by atoms with Crippen LogP contribution in [0.2, 0.25) is 0 Å². The van der Waals surface area contributed by atoms with Crippen molar-refractivity contribution in [1.29, 1.82) is 0 Å². The molecule has 19 heteroatoms. The summed E-state index contributed by atoms with van der Waals surface area (Å²) in [5, 5.41) is 29.6. The third kappa shape index (κ3) is 7.46. The van der Waals surface area contributed by atoms with Crippen molar-refractivity contribution in [2.45, 2.75) is 64.3 Å². The number of aromatic amines is 1. The number of hydrogen-bond donors (Lipinski definition) is 5. The molecule has 6 rings (SSSR count). The Hall–Kier alpha value is -2.77. The van der Waals surface area contributed by atoms with E-state index >= 15 is 0 Å². The molecule has 5 heterocycles. The smallest absolute Gasteiger partial charge is 0.133 e. The van der Waals surface area contributed by atoms with E-state index < -0.39 is 31.0 Å². The van der Waals surface area contributed by atoms with Crippen LogP contribution in [0.3, 0.4) is 0 Å². The third-order valence-corrected chi connectivity index (χ3v) is 10.2. The molecule has 1 aromatic carbocycles. The molecule has 0 spiro atoms. The molecule has 0 radical (unpaired) electrons. The Morgan fingerprint density at radius 3 is 2.77 bits per heavy atom. The molecule has 3 atom stereocenters. The van der Waals surface area contributed by atoms with E-state index in [1.807, 2.05) is 51.2 Å². The van der Waals surface area contributed by atoms with Gasteiger partial charge in [0.05, 0.1) is 24.1 Å². The minimum Gasteiger partial charge on any atom is -0.133 e. The SMILES string of the molecule is CCOC(C)(C)CCOCc1cn(-c2ccc(-c3cn4c(=O)c5nc(Br)n(C[C@@H](O)C6O[PH](O)(S)OCC6O)c5nc4[nH]3)cc2)nn1. The quantitative estimate of drug-likeness (QED) is 0.0542. The number of halogens is 1. The van der Waals surface area contributed by atoms with Gasteiger partial charge in [-0.1, -0.05) is 5.21 Å². The van der Waals surface area contributed by atoms with Crippen LogP contribution in [-0.2, 0) is 31.7 Å². The van der Waals surface area contributed by atoms with Gasteiger partial charge in [0, 0.05) is 13.2 Å². The molecule has 254 valence electrons. The molecule has 1 saturated heterocycles. The van der Waals surface area contributed by atoms with Crippen LogP contribution in [-0.4, -0.2) is 97.8 Å². The monoisotopic (exact) mass is 754 g/mol. The molecular formula is C28H36BrN8O8PS. The summed E-state index contributed by atoms with van der Waals surface area (Å²) in [6.07, 6.45) is 0.542. The van der Waals surface area contributed by atoms with Crippen LogP contribution < -0.4 is 5.56 Å². The second kappa shape index (κ2) is 13.6. The number of aromatic nitrogens is 8. The molecular weight excluding hydrogens is 719 g/mol. The van der Waals surface area contributed by atoms with Crippen molar-refractivity contribution in [2.24, 2.45) is 0 Å². The number of hydrogen-bond acceptors (Lipinski definition) is 13. The number of nitrogens with one attached hydrogen (secondary N) is 1. The van der Waals surface area contributed by atoms with Gasteiger partial charge in [-0.2, -0.15) is 0 Å². The van der Waals surface area contributed by atoms with Gasteiger partial charge < -0.3 is 9.47 Å². The van der Waals surface area contributed by atoms with Crippen LogP contribution in [0, 0.1) is 0 Å². The summed E-state index contributed by atoms with van der Waals surface area (Å²) in [4.78, 5) is 35.6. The fourth-order valence-electron chi connectivity index (χ4n) is 5.28. The number of rotatable bonds is 12. The molecule has 16 nitrogen and oxygen atoms in total. The molecule has 0 bridgehead atoms. The van der Waals surface area contributed by atoms with Crippen molar-refractivity contribution in [3.05, 3.63) is 57.4 Å². The van der Waals surface area contributed by atoms with Gasteiger partial charge in [-0.3, -0.25) is 0 Å². The van der Waals surface area contributed by atoms with Crippen molar-refractivity contribution in [3.8, 4) is 16.9 Å². The second-order valence-corrected chi connectivity index (χ2v) is 15.7. The Balaban J connectivity index is 1.17. The zero-order valence-electron chi connectivity index (χ0n) is 25.8. The average molecular weight is 756 g/mol. The summed E-state index contributed by atoms with van der Waals surface area (Å²) >= 11 is 7.30. The first-order valence-corrected chi connectivity index (χ1v) is 18.7. The fourth-order valence-corrected chi connectivity index (χ4v) is 7.49. The number of ether oxygens (including phenoxy) is 2. The van der Waals surface area contributed by atoms with E-state index in [0.29, 0.717) is 31.2 Å². The van der Waals surface area contributed by atoms with Crippen LogP contribution in [0.25, 0.3) is 33.9 Å². The molecule has 1 aliphatic rings. The molecule has 1 fully saturated rings. The van der Waals surface area contributed by atoms with Gasteiger partial charge in [0.25, 0.3) is 0 Å². The number of nitrogens with zero attached hydrogens (tertiary/aromatic N) is 7. The Kier molecular flexibility index (Phi) is 9.88. The summed E-state index contributed by atoms with van der Waals surface area (Å²) in [6, 6.07) is 7.53. The zero-order valence-corrected chi connectivity index (χ0v) is 29.3. The number of H-pyrrole nitrogens is 1. The molecule has 4 N–H and O–H groups in total. The Morgan fingerprint density at radius 1 is 1.26 bits per heavy atom. The van der Waals surface area contributed by atoms with Gasteiger partial charge in [0.2, 0.25) is 0 Å². The number of aliphatic hydroxyl groups excluding tert-OH is 2. The molecule has 0 saturated carbocycles. The summed E-state index contributed by atoms with van der Waals surface area (Å²) in [7, 11) is -3.79. The first-order valence-electron chi connectivity index (χ1n) is 14.9. The van der Waals surface area contributed by atoms with Gasteiger partial charge in [0.15, 0.2) is 0 Å². The minimum atomic E-state index is -3.79. The second-order valence-electron chi connectivity index (χ2n) is 11.7. The molecule has 0 amide bonds. The molecule has 0 aliphatic carbocycles. The summed E-state index contributed by atoms with van der Waals surface area (Å²) < 4.78 is 26.6. The van der Waals surface area contributed by atoms with Crippen molar-refractivity contribution in [1.82, 2.24) is 38.9 Å². The Bertz CT molecular complexity index is 1930. The van der Waals surface area contributed by atoms with E-state index in [1.165, 1.54) is 8.97 Å². The van der Waals surface area contributed by atoms with Crippen molar-refractivity contribution >= 4 is 52.3 Å². The Morgan fingerprint density at radius 2 is 2.02 bits per heavy atom. The van der Waals surface area contributed by atoms with Crippen LogP contribution in [0.1, 0.15) is 32.9 Å². The maximum atomic E-state index is 13.4. The summed E-state index contributed by atoms with van der Waals surface area (Å²) in [5.41, 5.74) is 2.54. The van der Waals surface area contributed by atoms with Crippen LogP contribution >= 0.6 is 35.3 Å². The first kappa shape index (κ1) is 34.1. The number of thiol groups is 1. The van der Waals surface area contributed by atoms with Crippen LogP contribution in [0.4, 0.5) is 0 Å². The van der Waals surface area contributed by atoms with Crippen LogP contribution in [0.5, 0.6) is 0 Å². The van der Waals surface area contributed by atoms with E-state index in [-0.39, 0.29) is 40.4 Å². The van der Waals surface area contributed by atoms with E-state index in [0.717, 1.165) is 17.7 Å². The molecule has 5 aromatic rings. The van der Waals surface area contributed by atoms with Gasteiger partial charge >= 0.3 is 176 Å². The van der Waals surface area contributed by atoms with Crippen molar-refractivity contribution < 1.29 is 33.6 Å². The third-order valence-electron chi connectivity index (χ3n) is 7.74. The van der Waals surface area contributed by atoms with E-state index in [2.05, 4.69) is 53.4 Å². The Labute approximate surface area is 282 Å². The number of benzene rings is 1. The summed E-state index contributed by atoms with van der Waals surface area (Å²) in [5.74, 6) is 0.259. The zero-order chi connectivity index (χ0) is 33.5. The number of imidazole rings is 2. The average Bonchev–Trinajstić information content (AvgIpc) is 3.75. The predicted molar refractivity (Wildman–Crippen MR) is 179 cm³/mol. The number of fused-ring (bicyclic) bond motifs is 2. The predicted octanol–water partition coefficient (Wildman–Crippen LogP) is 2.57. The van der Waals surface area contributed by atoms with Crippen molar-refractivity contribution in [3.63, 3.8) is 0 Å². The first-order chi connectivity index (χ1) is 22.3. The molecule has 47 heavy (non-hydrogen) atoms. The van der Waals surface area contributed by atoms with Gasteiger partial charge in [-0.15, -0.1) is 5.10 Å². The fraction of sp³-hybridized carbons (Fsp3) is 0.464. The molecule has 4 aromatic heterocycles. The topological polar surface area (TPSA) is 196 Å². The molecule has 1 aliphatic heterocycles. The van der Waals surface area contributed by atoms with Gasteiger partial charge in [0.1, 0.15) is 5.69 Å². The van der Waals surface area contributed by atoms with Gasteiger partial charge in [-0.05, 0) is 39.3 Å². The summed E-state index contributed by atoms with van der Waals surface area (Å²) in [6.45, 7) is 7.19. The maximum absolute atomic E-state index is 13.4.